The number of Topliss-reactive ketones (excluding diaryl/α,β-unsaturated/α-hetero) is 1. The number of hydroxylamine groups is 4. The van der Waals surface area contributed by atoms with Gasteiger partial charge < -0.3 is 24.6 Å². The number of carbonyl (C=O) groups is 4. The Bertz CT molecular complexity index is 509. The van der Waals surface area contributed by atoms with Gasteiger partial charge in [-0.25, -0.2) is 0 Å². The van der Waals surface area contributed by atoms with E-state index in [1.807, 2.05) is 0 Å². The molecule has 0 aliphatic rings. The second-order valence-electron chi connectivity index (χ2n) is 7.34. The topological polar surface area (TPSA) is 143 Å². The molecule has 0 aliphatic carbocycles. The molecule has 0 aliphatic heterocycles. The zero-order chi connectivity index (χ0) is 24.2. The lowest BCUT2D eigenvalue weighted by Crippen LogP contribution is -2.26. The van der Waals surface area contributed by atoms with Gasteiger partial charge in [-0.3, -0.25) is 19.2 Å². The molecule has 11 nitrogen and oxygen atoms in total. The highest BCUT2D eigenvalue weighted by molar-refractivity contribution is 5.78. The highest BCUT2D eigenvalue weighted by Gasteiger charge is 2.10. The van der Waals surface area contributed by atoms with Crippen LogP contribution in [0.4, 0.5) is 0 Å². The first-order valence-electron chi connectivity index (χ1n) is 11.0. The Hall–Kier alpha value is -2.08. The van der Waals surface area contributed by atoms with Crippen LogP contribution in [0.2, 0.25) is 0 Å². The van der Waals surface area contributed by atoms with Crippen LogP contribution in [0.3, 0.4) is 0 Å². The van der Waals surface area contributed by atoms with Crippen LogP contribution in [0, 0.1) is 0 Å². The number of carbonyl (C=O) groups excluding carboxylic acids is 4. The number of hydrogen-bond donors (Lipinski definition) is 2. The number of esters is 3. The summed E-state index contributed by atoms with van der Waals surface area (Å²) in [5.74, 6) is -1.17. The van der Waals surface area contributed by atoms with E-state index in [2.05, 4.69) is 9.47 Å². The summed E-state index contributed by atoms with van der Waals surface area (Å²) < 4.78 is 14.1. The predicted molar refractivity (Wildman–Crippen MR) is 113 cm³/mol. The molecule has 32 heavy (non-hydrogen) atoms. The van der Waals surface area contributed by atoms with Gasteiger partial charge in [0.1, 0.15) is 5.78 Å². The van der Waals surface area contributed by atoms with Crippen molar-refractivity contribution in [3.05, 3.63) is 0 Å². The van der Waals surface area contributed by atoms with Crippen molar-refractivity contribution in [1.82, 2.24) is 10.1 Å². The Balaban J connectivity index is 3.54. The molecule has 0 fully saturated rings. The number of ether oxygens (including phenoxy) is 3. The number of hydrogen-bond acceptors (Lipinski definition) is 11. The van der Waals surface area contributed by atoms with Crippen molar-refractivity contribution in [2.75, 3.05) is 47.0 Å². The molecule has 0 bridgehead atoms. The molecule has 0 amide bonds. The maximum atomic E-state index is 11.8. The van der Waals surface area contributed by atoms with Crippen molar-refractivity contribution in [2.24, 2.45) is 0 Å². The smallest absolute Gasteiger partial charge is 0.307 e. The lowest BCUT2D eigenvalue weighted by molar-refractivity contribution is -0.151. The van der Waals surface area contributed by atoms with Crippen LogP contribution in [-0.4, -0.2) is 91.2 Å². The van der Waals surface area contributed by atoms with E-state index in [1.165, 1.54) is 14.2 Å². The Labute approximate surface area is 189 Å². The molecule has 0 aromatic rings. The molecule has 0 spiro atoms. The maximum Gasteiger partial charge on any atom is 0.307 e. The van der Waals surface area contributed by atoms with Crippen LogP contribution in [0.25, 0.3) is 0 Å². The summed E-state index contributed by atoms with van der Waals surface area (Å²) in [6.45, 7) is 0.821. The summed E-state index contributed by atoms with van der Waals surface area (Å²) >= 11 is 0. The highest BCUT2D eigenvalue weighted by atomic mass is 16.5. The number of unbranched alkanes of at least 4 members (excludes halogenated alkanes) is 4. The SMILES string of the molecule is COC(=O)CCN(O)CCC(=O)CCCCCCCOC(=O)CCN(O)CCC(=O)OC. The van der Waals surface area contributed by atoms with E-state index in [9.17, 15) is 29.6 Å². The molecule has 0 radical (unpaired) electrons. The molecule has 0 saturated carbocycles. The van der Waals surface area contributed by atoms with E-state index >= 15 is 0 Å². The van der Waals surface area contributed by atoms with Crippen LogP contribution >= 0.6 is 0 Å². The molecule has 0 heterocycles. The van der Waals surface area contributed by atoms with E-state index in [0.29, 0.717) is 13.0 Å². The fraction of sp³-hybridized carbons (Fsp3) is 0.810. The molecule has 0 aromatic heterocycles. The number of methoxy groups -OCH3 is 2. The van der Waals surface area contributed by atoms with Crippen molar-refractivity contribution in [3.63, 3.8) is 0 Å². The van der Waals surface area contributed by atoms with Gasteiger partial charge in [0.05, 0.1) is 40.1 Å². The van der Waals surface area contributed by atoms with Gasteiger partial charge in [0, 0.05) is 39.0 Å². The van der Waals surface area contributed by atoms with Crippen LogP contribution in [-0.2, 0) is 33.4 Å². The van der Waals surface area contributed by atoms with Gasteiger partial charge in [0.2, 0.25) is 0 Å². The van der Waals surface area contributed by atoms with Gasteiger partial charge in [-0.2, -0.15) is 10.1 Å². The third-order valence-corrected chi connectivity index (χ3v) is 4.69. The fourth-order valence-corrected chi connectivity index (χ4v) is 2.68. The second-order valence-corrected chi connectivity index (χ2v) is 7.34. The normalized spacial score (nSPS) is 10.9. The molecule has 186 valence electrons. The Morgan fingerprint density at radius 1 is 0.594 bits per heavy atom. The molecule has 11 heteroatoms. The number of rotatable bonds is 20. The van der Waals surface area contributed by atoms with E-state index in [-0.39, 0.29) is 57.6 Å². The van der Waals surface area contributed by atoms with Crippen molar-refractivity contribution >= 4 is 23.7 Å². The predicted octanol–water partition coefficient (Wildman–Crippen LogP) is 1.73. The summed E-state index contributed by atoms with van der Waals surface area (Å²) in [4.78, 5) is 45.4. The Morgan fingerprint density at radius 2 is 1.03 bits per heavy atom. The molecule has 0 aromatic carbocycles. The zero-order valence-electron chi connectivity index (χ0n) is 19.3. The summed E-state index contributed by atoms with van der Waals surface area (Å²) in [5, 5.41) is 21.0. The standard InChI is InChI=1S/C21H38N2O9/c1-30-19(25)10-14-22(28)13-9-18(24)8-6-4-3-5-7-17-32-21(27)12-16-23(29)15-11-20(26)31-2/h28-29H,3-17H2,1-2H3. The van der Waals surface area contributed by atoms with Crippen LogP contribution < -0.4 is 0 Å². The van der Waals surface area contributed by atoms with Gasteiger partial charge >= 0.3 is 17.9 Å². The third-order valence-electron chi connectivity index (χ3n) is 4.69. The second kappa shape index (κ2) is 19.6. The van der Waals surface area contributed by atoms with Crippen molar-refractivity contribution in [3.8, 4) is 0 Å². The van der Waals surface area contributed by atoms with E-state index in [1.54, 1.807) is 0 Å². The van der Waals surface area contributed by atoms with Gasteiger partial charge in [0.25, 0.3) is 0 Å². The number of ketones is 1. The summed E-state index contributed by atoms with van der Waals surface area (Å²) in [6, 6.07) is 0. The molecule has 0 rings (SSSR count). The Morgan fingerprint density at radius 3 is 1.56 bits per heavy atom. The zero-order valence-corrected chi connectivity index (χ0v) is 19.3. The van der Waals surface area contributed by atoms with Gasteiger partial charge in [0.15, 0.2) is 0 Å². The van der Waals surface area contributed by atoms with E-state index < -0.39 is 17.9 Å². The first-order valence-corrected chi connectivity index (χ1v) is 11.0. The lowest BCUT2D eigenvalue weighted by atomic mass is 10.1. The quantitative estimate of drug-likeness (QED) is 0.118. The van der Waals surface area contributed by atoms with Crippen molar-refractivity contribution < 1.29 is 43.8 Å². The van der Waals surface area contributed by atoms with E-state index in [4.69, 9.17) is 4.74 Å². The monoisotopic (exact) mass is 462 g/mol. The first kappa shape index (κ1) is 29.9. The molecule has 2 N–H and O–H groups in total. The average Bonchev–Trinajstić information content (AvgIpc) is 2.79. The molecule has 0 atom stereocenters. The summed E-state index contributed by atoms with van der Waals surface area (Å²) in [5.41, 5.74) is 0. The minimum Gasteiger partial charge on any atom is -0.469 e. The first-order chi connectivity index (χ1) is 15.3. The van der Waals surface area contributed by atoms with Crippen molar-refractivity contribution in [1.29, 1.82) is 0 Å². The van der Waals surface area contributed by atoms with Gasteiger partial charge in [-0.1, -0.05) is 19.3 Å². The van der Waals surface area contributed by atoms with Crippen LogP contribution in [0.15, 0.2) is 0 Å². The number of nitrogens with zero attached hydrogens (tertiary/aromatic N) is 2. The maximum absolute atomic E-state index is 11.8. The third kappa shape index (κ3) is 18.7. The average molecular weight is 463 g/mol. The summed E-state index contributed by atoms with van der Waals surface area (Å²) in [6.07, 6.45) is 5.04. The Kier molecular flexibility index (Phi) is 18.3. The highest BCUT2D eigenvalue weighted by Crippen LogP contribution is 2.08. The molecular weight excluding hydrogens is 424 g/mol. The van der Waals surface area contributed by atoms with Crippen LogP contribution in [0.5, 0.6) is 0 Å². The largest absolute Gasteiger partial charge is 0.469 e. The fourth-order valence-electron chi connectivity index (χ4n) is 2.68. The van der Waals surface area contributed by atoms with Gasteiger partial charge in [-0.05, 0) is 12.8 Å². The molecule has 0 saturated heterocycles. The molecule has 0 unspecified atom stereocenters. The van der Waals surface area contributed by atoms with Crippen molar-refractivity contribution in [2.45, 2.75) is 64.2 Å². The minimum absolute atomic E-state index is 0.0355. The lowest BCUT2D eigenvalue weighted by Gasteiger charge is -2.13. The molecular formula is C21H38N2O9. The van der Waals surface area contributed by atoms with Gasteiger partial charge in [-0.15, -0.1) is 0 Å². The van der Waals surface area contributed by atoms with Crippen LogP contribution in [0.1, 0.15) is 64.2 Å². The minimum atomic E-state index is -0.430. The van der Waals surface area contributed by atoms with E-state index in [0.717, 1.165) is 42.2 Å². The summed E-state index contributed by atoms with van der Waals surface area (Å²) in [7, 11) is 2.55.